The van der Waals surface area contributed by atoms with Gasteiger partial charge in [0.15, 0.2) is 0 Å². The van der Waals surface area contributed by atoms with E-state index in [-0.39, 0.29) is 18.0 Å². The van der Waals surface area contributed by atoms with Crippen molar-refractivity contribution in [1.82, 2.24) is 4.57 Å². The topological polar surface area (TPSA) is 59.3 Å². The molecule has 1 saturated carbocycles. The van der Waals surface area contributed by atoms with Gasteiger partial charge in [-0.2, -0.15) is 0 Å². The van der Waals surface area contributed by atoms with Gasteiger partial charge in [0.25, 0.3) is 5.56 Å². The molecule has 2 rings (SSSR count). The minimum Gasteiger partial charge on any atom is -0.481 e. The van der Waals surface area contributed by atoms with Crippen molar-refractivity contribution in [3.05, 3.63) is 33.2 Å². The summed E-state index contributed by atoms with van der Waals surface area (Å²) >= 11 is 0. The van der Waals surface area contributed by atoms with Crippen molar-refractivity contribution >= 4 is 5.97 Å². The highest BCUT2D eigenvalue weighted by atomic mass is 16.4. The molecule has 0 bridgehead atoms. The van der Waals surface area contributed by atoms with Gasteiger partial charge in [-0.25, -0.2) is 0 Å². The third kappa shape index (κ3) is 2.88. The van der Waals surface area contributed by atoms with E-state index in [2.05, 4.69) is 0 Å². The van der Waals surface area contributed by atoms with Gasteiger partial charge in [-0.1, -0.05) is 19.3 Å². The summed E-state index contributed by atoms with van der Waals surface area (Å²) in [7, 11) is 0. The van der Waals surface area contributed by atoms with E-state index >= 15 is 0 Å². The number of rotatable bonds is 3. The summed E-state index contributed by atoms with van der Waals surface area (Å²) in [4.78, 5) is 23.4. The molecule has 0 spiro atoms. The van der Waals surface area contributed by atoms with Crippen LogP contribution in [-0.4, -0.2) is 15.6 Å². The molecule has 1 heterocycles. The second-order valence-corrected chi connectivity index (χ2v) is 5.48. The van der Waals surface area contributed by atoms with Gasteiger partial charge in [0.2, 0.25) is 0 Å². The number of nitrogens with zero attached hydrogens (tertiary/aromatic N) is 1. The lowest BCUT2D eigenvalue weighted by molar-refractivity contribution is -0.136. The Hall–Kier alpha value is -1.58. The maximum absolute atomic E-state index is 12.5. The van der Waals surface area contributed by atoms with Crippen molar-refractivity contribution in [2.45, 2.75) is 58.4 Å². The molecule has 1 fully saturated rings. The molecule has 0 unspecified atom stereocenters. The molecule has 1 aromatic heterocycles. The molecule has 104 valence electrons. The fourth-order valence-electron chi connectivity index (χ4n) is 3.10. The Bertz CT molecular complexity index is 539. The van der Waals surface area contributed by atoms with Crippen molar-refractivity contribution in [2.75, 3.05) is 0 Å². The van der Waals surface area contributed by atoms with Crippen LogP contribution >= 0.6 is 0 Å². The summed E-state index contributed by atoms with van der Waals surface area (Å²) < 4.78 is 1.82. The summed E-state index contributed by atoms with van der Waals surface area (Å²) in [5.74, 6) is -0.945. The van der Waals surface area contributed by atoms with Gasteiger partial charge in [0.1, 0.15) is 0 Å². The summed E-state index contributed by atoms with van der Waals surface area (Å²) in [6, 6.07) is 2.18. The second-order valence-electron chi connectivity index (χ2n) is 5.48. The van der Waals surface area contributed by atoms with Gasteiger partial charge >= 0.3 is 5.97 Å². The number of carbonyl (C=O) groups is 1. The molecule has 1 N–H and O–H groups in total. The SMILES string of the molecule is Cc1cc(C)n(C2CCCCC2)c(=O)c1CC(=O)O. The van der Waals surface area contributed by atoms with Gasteiger partial charge in [0.05, 0.1) is 6.42 Å². The quantitative estimate of drug-likeness (QED) is 0.911. The van der Waals surface area contributed by atoms with E-state index in [1.807, 2.05) is 24.5 Å². The van der Waals surface area contributed by atoms with Crippen molar-refractivity contribution in [1.29, 1.82) is 0 Å². The van der Waals surface area contributed by atoms with Gasteiger partial charge in [0, 0.05) is 17.3 Å². The van der Waals surface area contributed by atoms with Gasteiger partial charge in [-0.3, -0.25) is 9.59 Å². The molecule has 4 heteroatoms. The van der Waals surface area contributed by atoms with Crippen molar-refractivity contribution < 1.29 is 9.90 Å². The molecular weight excluding hydrogens is 242 g/mol. The summed E-state index contributed by atoms with van der Waals surface area (Å²) in [6.07, 6.45) is 5.40. The highest BCUT2D eigenvalue weighted by Crippen LogP contribution is 2.28. The molecule has 1 aliphatic carbocycles. The first kappa shape index (κ1) is 13.8. The predicted molar refractivity (Wildman–Crippen MR) is 73.6 cm³/mol. The predicted octanol–water partition coefficient (Wildman–Crippen LogP) is 2.60. The largest absolute Gasteiger partial charge is 0.481 e. The molecule has 19 heavy (non-hydrogen) atoms. The highest BCUT2D eigenvalue weighted by molar-refractivity contribution is 5.70. The van der Waals surface area contributed by atoms with Gasteiger partial charge in [-0.15, -0.1) is 0 Å². The normalized spacial score (nSPS) is 16.5. The molecule has 4 nitrogen and oxygen atoms in total. The molecular formula is C15H21NO3. The molecule has 1 aromatic rings. The van der Waals surface area contributed by atoms with Crippen LogP contribution in [0.4, 0.5) is 0 Å². The first-order chi connectivity index (χ1) is 9.00. The van der Waals surface area contributed by atoms with Crippen LogP contribution in [0.2, 0.25) is 0 Å². The summed E-state index contributed by atoms with van der Waals surface area (Å²) in [5, 5.41) is 8.94. The van der Waals surface area contributed by atoms with Crippen LogP contribution in [0.5, 0.6) is 0 Å². The Balaban J connectivity index is 2.47. The van der Waals surface area contributed by atoms with Crippen molar-refractivity contribution in [3.63, 3.8) is 0 Å². The first-order valence-electron chi connectivity index (χ1n) is 6.94. The Morgan fingerprint density at radius 2 is 1.95 bits per heavy atom. The van der Waals surface area contributed by atoms with Crippen LogP contribution in [0, 0.1) is 13.8 Å². The number of carboxylic acid groups (broad SMARTS) is 1. The minimum absolute atomic E-state index is 0.105. The lowest BCUT2D eigenvalue weighted by Gasteiger charge is -2.26. The average Bonchev–Trinajstić information content (AvgIpc) is 2.35. The van der Waals surface area contributed by atoms with E-state index in [0.29, 0.717) is 5.56 Å². The first-order valence-corrected chi connectivity index (χ1v) is 6.94. The Morgan fingerprint density at radius 1 is 1.32 bits per heavy atom. The minimum atomic E-state index is -0.945. The zero-order chi connectivity index (χ0) is 14.0. The molecule has 0 atom stereocenters. The maximum Gasteiger partial charge on any atom is 0.308 e. The van der Waals surface area contributed by atoms with Crippen molar-refractivity contribution in [3.8, 4) is 0 Å². The number of aryl methyl sites for hydroxylation is 2. The maximum atomic E-state index is 12.5. The van der Waals surface area contributed by atoms with E-state index in [0.717, 1.165) is 36.9 Å². The number of hydrogen-bond donors (Lipinski definition) is 1. The Kier molecular flexibility index (Phi) is 4.08. The van der Waals surface area contributed by atoms with Crippen LogP contribution < -0.4 is 5.56 Å². The zero-order valence-corrected chi connectivity index (χ0v) is 11.6. The average molecular weight is 263 g/mol. The second kappa shape index (κ2) is 5.59. The van der Waals surface area contributed by atoms with E-state index < -0.39 is 5.97 Å². The van der Waals surface area contributed by atoms with Crippen molar-refractivity contribution in [2.24, 2.45) is 0 Å². The Labute approximate surface area is 113 Å². The lowest BCUT2D eigenvalue weighted by Crippen LogP contribution is -2.32. The fraction of sp³-hybridized carbons (Fsp3) is 0.600. The van der Waals surface area contributed by atoms with Crippen LogP contribution in [0.3, 0.4) is 0 Å². The van der Waals surface area contributed by atoms with Crippen LogP contribution in [0.1, 0.15) is 55.0 Å². The number of hydrogen-bond acceptors (Lipinski definition) is 2. The monoisotopic (exact) mass is 263 g/mol. The highest BCUT2D eigenvalue weighted by Gasteiger charge is 2.21. The van der Waals surface area contributed by atoms with Gasteiger partial charge in [-0.05, 0) is 38.3 Å². The van der Waals surface area contributed by atoms with Crippen LogP contribution in [0.15, 0.2) is 10.9 Å². The molecule has 0 saturated heterocycles. The fourth-order valence-corrected chi connectivity index (χ4v) is 3.10. The van der Waals surface area contributed by atoms with E-state index in [1.54, 1.807) is 0 Å². The van der Waals surface area contributed by atoms with E-state index in [1.165, 1.54) is 6.42 Å². The molecule has 0 radical (unpaired) electrons. The Morgan fingerprint density at radius 3 is 2.53 bits per heavy atom. The van der Waals surface area contributed by atoms with E-state index in [9.17, 15) is 9.59 Å². The number of carboxylic acids is 1. The van der Waals surface area contributed by atoms with Crippen LogP contribution in [-0.2, 0) is 11.2 Å². The van der Waals surface area contributed by atoms with E-state index in [4.69, 9.17) is 5.11 Å². The molecule has 1 aliphatic rings. The van der Waals surface area contributed by atoms with Gasteiger partial charge < -0.3 is 9.67 Å². The summed E-state index contributed by atoms with van der Waals surface area (Å²) in [5.41, 5.74) is 2.07. The standard InChI is InChI=1S/C15H21NO3/c1-10-8-11(2)16(12-6-4-3-5-7-12)15(19)13(10)9-14(17)18/h8,12H,3-7,9H2,1-2H3,(H,17,18). The molecule has 0 aliphatic heterocycles. The van der Waals surface area contributed by atoms with Crippen LogP contribution in [0.25, 0.3) is 0 Å². The lowest BCUT2D eigenvalue weighted by atomic mass is 9.94. The third-order valence-corrected chi connectivity index (χ3v) is 4.03. The third-order valence-electron chi connectivity index (χ3n) is 4.03. The number of aromatic nitrogens is 1. The molecule has 0 amide bonds. The number of pyridine rings is 1. The smallest absolute Gasteiger partial charge is 0.308 e. The summed E-state index contributed by atoms with van der Waals surface area (Å²) in [6.45, 7) is 3.76. The zero-order valence-electron chi connectivity index (χ0n) is 11.6. The molecule has 0 aromatic carbocycles. The number of aliphatic carboxylic acids is 1.